The first-order chi connectivity index (χ1) is 11.8. The summed E-state index contributed by atoms with van der Waals surface area (Å²) in [5.74, 6) is 0.356. The van der Waals surface area contributed by atoms with Gasteiger partial charge in [0.25, 0.3) is 0 Å². The second kappa shape index (κ2) is 6.92. The molecule has 1 heterocycles. The standard InChI is InChI=1S/C20H23N3OS/c1-20(2,3)14-9-11-15(12-10-14)21-18(24)13-25-19-22-16-7-5-6-8-17(16)23(19)4/h5-12H,13H2,1-4H3,(H,21,24)/p+1. The van der Waals surface area contributed by atoms with Gasteiger partial charge in [-0.2, -0.15) is 0 Å². The average Bonchev–Trinajstić information content (AvgIpc) is 2.89. The van der Waals surface area contributed by atoms with Crippen LogP contribution in [-0.4, -0.2) is 16.6 Å². The molecule has 0 aliphatic carbocycles. The molecule has 3 rings (SSSR count). The van der Waals surface area contributed by atoms with Crippen molar-refractivity contribution in [1.29, 1.82) is 0 Å². The van der Waals surface area contributed by atoms with Gasteiger partial charge in [0.05, 0.1) is 12.8 Å². The molecule has 0 aliphatic heterocycles. The van der Waals surface area contributed by atoms with Crippen molar-refractivity contribution in [1.82, 2.24) is 4.98 Å². The van der Waals surface area contributed by atoms with E-state index in [0.29, 0.717) is 5.75 Å². The molecule has 0 fully saturated rings. The maximum atomic E-state index is 12.2. The van der Waals surface area contributed by atoms with Crippen LogP contribution in [0.3, 0.4) is 0 Å². The van der Waals surface area contributed by atoms with E-state index in [-0.39, 0.29) is 11.3 Å². The highest BCUT2D eigenvalue weighted by Crippen LogP contribution is 2.23. The number of nitrogens with zero attached hydrogens (tertiary/aromatic N) is 1. The number of nitrogens with one attached hydrogen (secondary N) is 2. The second-order valence-electron chi connectivity index (χ2n) is 7.17. The molecule has 0 spiro atoms. The molecule has 0 saturated heterocycles. The number of carbonyl (C=O) groups is 1. The van der Waals surface area contributed by atoms with Gasteiger partial charge in [0, 0.05) is 5.69 Å². The third-order valence-electron chi connectivity index (χ3n) is 4.19. The monoisotopic (exact) mass is 354 g/mol. The molecular weight excluding hydrogens is 330 g/mol. The molecule has 1 amide bonds. The lowest BCUT2D eigenvalue weighted by Crippen LogP contribution is -2.29. The van der Waals surface area contributed by atoms with Gasteiger partial charge in [-0.15, -0.1) is 0 Å². The van der Waals surface area contributed by atoms with E-state index in [9.17, 15) is 4.79 Å². The van der Waals surface area contributed by atoms with Crippen LogP contribution >= 0.6 is 11.8 Å². The fourth-order valence-corrected chi connectivity index (χ4v) is 3.51. The van der Waals surface area contributed by atoms with E-state index >= 15 is 0 Å². The summed E-state index contributed by atoms with van der Waals surface area (Å²) in [6, 6.07) is 16.2. The molecule has 4 nitrogen and oxygen atoms in total. The summed E-state index contributed by atoms with van der Waals surface area (Å²) in [7, 11) is 2.00. The van der Waals surface area contributed by atoms with Gasteiger partial charge in [0.2, 0.25) is 5.91 Å². The Labute approximate surface area is 152 Å². The average molecular weight is 354 g/mol. The van der Waals surface area contributed by atoms with Gasteiger partial charge in [-0.3, -0.25) is 4.79 Å². The number of hydrogen-bond acceptors (Lipinski definition) is 2. The quantitative estimate of drug-likeness (QED) is 0.549. The molecule has 0 atom stereocenters. The van der Waals surface area contributed by atoms with E-state index in [1.54, 1.807) is 0 Å². The zero-order valence-corrected chi connectivity index (χ0v) is 15.9. The smallest absolute Gasteiger partial charge is 0.317 e. The van der Waals surface area contributed by atoms with E-state index in [1.807, 2.05) is 37.4 Å². The van der Waals surface area contributed by atoms with Crippen LogP contribution in [0.1, 0.15) is 26.3 Å². The summed E-state index contributed by atoms with van der Waals surface area (Å²) < 4.78 is 2.07. The number of rotatable bonds is 4. The Bertz CT molecular complexity index is 891. The lowest BCUT2D eigenvalue weighted by Gasteiger charge is -2.19. The molecule has 0 aliphatic rings. The van der Waals surface area contributed by atoms with Crippen LogP contribution in [-0.2, 0) is 17.3 Å². The number of para-hydroxylation sites is 2. The summed E-state index contributed by atoms with van der Waals surface area (Å²) in [6.45, 7) is 6.53. The number of aromatic nitrogens is 2. The lowest BCUT2D eigenvalue weighted by atomic mass is 9.87. The number of aromatic amines is 1. The first-order valence-electron chi connectivity index (χ1n) is 8.34. The van der Waals surface area contributed by atoms with Gasteiger partial charge in [0.1, 0.15) is 0 Å². The van der Waals surface area contributed by atoms with E-state index < -0.39 is 0 Å². The molecule has 5 heteroatoms. The second-order valence-corrected chi connectivity index (χ2v) is 8.13. The number of hydrogen-bond donors (Lipinski definition) is 2. The molecule has 0 bridgehead atoms. The first kappa shape index (κ1) is 17.5. The van der Waals surface area contributed by atoms with Crippen molar-refractivity contribution in [3.63, 3.8) is 0 Å². The van der Waals surface area contributed by atoms with Gasteiger partial charge < -0.3 is 5.32 Å². The van der Waals surface area contributed by atoms with Crippen LogP contribution in [0, 0.1) is 0 Å². The van der Waals surface area contributed by atoms with E-state index in [4.69, 9.17) is 0 Å². The number of imidazole rings is 1. The number of amides is 1. The zero-order chi connectivity index (χ0) is 18.0. The summed E-state index contributed by atoms with van der Waals surface area (Å²) >= 11 is 1.50. The SMILES string of the molecule is C[n+]1c(SCC(=O)Nc2ccc(C(C)(C)C)cc2)[nH]c2ccccc21. The van der Waals surface area contributed by atoms with E-state index in [0.717, 1.165) is 21.9 Å². The van der Waals surface area contributed by atoms with Crippen LogP contribution in [0.4, 0.5) is 5.69 Å². The van der Waals surface area contributed by atoms with Crippen LogP contribution in [0.25, 0.3) is 11.0 Å². The van der Waals surface area contributed by atoms with Gasteiger partial charge in [-0.25, -0.2) is 9.55 Å². The van der Waals surface area contributed by atoms with Crippen molar-refractivity contribution >= 4 is 34.4 Å². The normalized spacial score (nSPS) is 11.7. The summed E-state index contributed by atoms with van der Waals surface area (Å²) in [5, 5.41) is 3.93. The van der Waals surface area contributed by atoms with Crippen molar-refractivity contribution in [2.24, 2.45) is 7.05 Å². The number of benzene rings is 2. The third kappa shape index (κ3) is 4.04. The molecule has 0 unspecified atom stereocenters. The number of anilines is 1. The molecule has 1 aromatic heterocycles. The van der Waals surface area contributed by atoms with Gasteiger partial charge in [0.15, 0.2) is 11.0 Å². The molecule has 130 valence electrons. The molecule has 3 aromatic rings. The molecule has 0 saturated carbocycles. The first-order valence-corrected chi connectivity index (χ1v) is 9.33. The Morgan fingerprint density at radius 3 is 2.44 bits per heavy atom. The van der Waals surface area contributed by atoms with Crippen molar-refractivity contribution < 1.29 is 9.36 Å². The largest absolute Gasteiger partial charge is 0.325 e. The van der Waals surface area contributed by atoms with Crippen LogP contribution < -0.4 is 9.88 Å². The Hall–Kier alpha value is -2.27. The van der Waals surface area contributed by atoms with Crippen LogP contribution in [0.15, 0.2) is 53.7 Å². The lowest BCUT2D eigenvalue weighted by molar-refractivity contribution is -0.683. The predicted molar refractivity (Wildman–Crippen MR) is 104 cm³/mol. The summed E-state index contributed by atoms with van der Waals surface area (Å²) in [6.07, 6.45) is 0. The molecule has 2 N–H and O–H groups in total. The highest BCUT2D eigenvalue weighted by atomic mass is 32.2. The van der Waals surface area contributed by atoms with Gasteiger partial charge >= 0.3 is 5.16 Å². The number of fused-ring (bicyclic) bond motifs is 1. The highest BCUT2D eigenvalue weighted by Gasteiger charge is 2.17. The van der Waals surface area contributed by atoms with Crippen molar-refractivity contribution in [3.05, 3.63) is 54.1 Å². The van der Waals surface area contributed by atoms with Gasteiger partial charge in [-0.1, -0.05) is 45.0 Å². The van der Waals surface area contributed by atoms with Crippen molar-refractivity contribution in [2.75, 3.05) is 11.1 Å². The maximum absolute atomic E-state index is 12.2. The van der Waals surface area contributed by atoms with E-state index in [1.165, 1.54) is 17.3 Å². The fourth-order valence-electron chi connectivity index (χ4n) is 2.70. The minimum atomic E-state index is -0.00725. The number of H-pyrrole nitrogens is 1. The topological polar surface area (TPSA) is 48.8 Å². The number of aryl methyl sites for hydroxylation is 1. The Kier molecular flexibility index (Phi) is 4.86. The van der Waals surface area contributed by atoms with E-state index in [2.05, 4.69) is 53.8 Å². The predicted octanol–water partition coefficient (Wildman–Crippen LogP) is 4.02. The van der Waals surface area contributed by atoms with Crippen molar-refractivity contribution in [2.45, 2.75) is 31.3 Å². The Balaban J connectivity index is 1.61. The molecular formula is C20H24N3OS+. The zero-order valence-electron chi connectivity index (χ0n) is 15.1. The Morgan fingerprint density at radius 1 is 1.12 bits per heavy atom. The fraction of sp³-hybridized carbons (Fsp3) is 0.300. The molecule has 2 aromatic carbocycles. The molecule has 0 radical (unpaired) electrons. The van der Waals surface area contributed by atoms with Crippen LogP contribution in [0.2, 0.25) is 0 Å². The highest BCUT2D eigenvalue weighted by molar-refractivity contribution is 7.99. The summed E-state index contributed by atoms with van der Waals surface area (Å²) in [5.41, 5.74) is 4.40. The minimum Gasteiger partial charge on any atom is -0.325 e. The third-order valence-corrected chi connectivity index (χ3v) is 5.24. The number of carbonyl (C=O) groups excluding carboxylic acids is 1. The maximum Gasteiger partial charge on any atom is 0.317 e. The minimum absolute atomic E-state index is 0.00725. The van der Waals surface area contributed by atoms with Crippen LogP contribution in [0.5, 0.6) is 0 Å². The molecule has 25 heavy (non-hydrogen) atoms. The number of thioether (sulfide) groups is 1. The Morgan fingerprint density at radius 2 is 1.80 bits per heavy atom. The summed E-state index contributed by atoms with van der Waals surface area (Å²) in [4.78, 5) is 15.6. The van der Waals surface area contributed by atoms with Crippen molar-refractivity contribution in [3.8, 4) is 0 Å². The van der Waals surface area contributed by atoms with Gasteiger partial charge in [-0.05, 0) is 47.0 Å².